The lowest BCUT2D eigenvalue weighted by atomic mass is 10.2. The van der Waals surface area contributed by atoms with Crippen molar-refractivity contribution in [1.82, 2.24) is 10.2 Å². The Hall–Kier alpha value is -0.610. The number of ether oxygens (including phenoxy) is 1. The molecule has 0 saturated heterocycles. The Bertz CT molecular complexity index is 160. The van der Waals surface area contributed by atoms with Crippen molar-refractivity contribution in [2.24, 2.45) is 5.92 Å². The summed E-state index contributed by atoms with van der Waals surface area (Å²) in [7, 11) is 5.53. The fourth-order valence-corrected chi connectivity index (χ4v) is 1.12. The van der Waals surface area contributed by atoms with Crippen LogP contribution in [0.2, 0.25) is 0 Å². The predicted octanol–water partition coefficient (Wildman–Crippen LogP) is 0.337. The van der Waals surface area contributed by atoms with E-state index in [0.717, 1.165) is 19.5 Å². The number of rotatable bonds is 7. The predicted molar refractivity (Wildman–Crippen MR) is 57.2 cm³/mol. The summed E-state index contributed by atoms with van der Waals surface area (Å²) in [6.07, 6.45) is 1.10. The lowest BCUT2D eigenvalue weighted by molar-refractivity contribution is -0.144. The number of hydrogen-bond donors (Lipinski definition) is 1. The lowest BCUT2D eigenvalue weighted by Crippen LogP contribution is -2.29. The largest absolute Gasteiger partial charge is 0.469 e. The average molecular weight is 202 g/mol. The van der Waals surface area contributed by atoms with E-state index in [-0.39, 0.29) is 11.9 Å². The minimum Gasteiger partial charge on any atom is -0.469 e. The van der Waals surface area contributed by atoms with Crippen molar-refractivity contribution in [1.29, 1.82) is 0 Å². The highest BCUT2D eigenvalue weighted by Gasteiger charge is 2.11. The summed E-state index contributed by atoms with van der Waals surface area (Å²) in [6, 6.07) is 0. The molecule has 14 heavy (non-hydrogen) atoms. The van der Waals surface area contributed by atoms with E-state index in [0.29, 0.717) is 6.54 Å². The van der Waals surface area contributed by atoms with Gasteiger partial charge in [0, 0.05) is 6.54 Å². The summed E-state index contributed by atoms with van der Waals surface area (Å²) in [5, 5.41) is 3.23. The summed E-state index contributed by atoms with van der Waals surface area (Å²) in [6.45, 7) is 4.57. The first-order valence-corrected chi connectivity index (χ1v) is 5.01. The van der Waals surface area contributed by atoms with Gasteiger partial charge in [-0.25, -0.2) is 0 Å². The molecular weight excluding hydrogens is 180 g/mol. The number of carbonyl (C=O) groups excluding carboxylic acids is 1. The van der Waals surface area contributed by atoms with Crippen LogP contribution in [0.3, 0.4) is 0 Å². The van der Waals surface area contributed by atoms with Gasteiger partial charge in [-0.15, -0.1) is 0 Å². The third-order valence-electron chi connectivity index (χ3n) is 2.01. The molecule has 1 atom stereocenters. The summed E-state index contributed by atoms with van der Waals surface area (Å²) < 4.78 is 4.62. The normalized spacial score (nSPS) is 12.9. The van der Waals surface area contributed by atoms with Crippen molar-refractivity contribution < 1.29 is 9.53 Å². The highest BCUT2D eigenvalue weighted by Crippen LogP contribution is 1.94. The smallest absolute Gasteiger partial charge is 0.309 e. The van der Waals surface area contributed by atoms with Crippen LogP contribution in [0.15, 0.2) is 0 Å². The maximum atomic E-state index is 11.0. The van der Waals surface area contributed by atoms with Gasteiger partial charge >= 0.3 is 5.97 Å². The Labute approximate surface area is 86.6 Å². The van der Waals surface area contributed by atoms with E-state index >= 15 is 0 Å². The zero-order valence-electron chi connectivity index (χ0n) is 9.67. The van der Waals surface area contributed by atoms with Gasteiger partial charge < -0.3 is 15.0 Å². The monoisotopic (exact) mass is 202 g/mol. The van der Waals surface area contributed by atoms with E-state index in [1.54, 1.807) is 0 Å². The zero-order valence-corrected chi connectivity index (χ0v) is 9.67. The molecule has 1 N–H and O–H groups in total. The van der Waals surface area contributed by atoms with Gasteiger partial charge in [0.2, 0.25) is 0 Å². The standard InChI is InChI=1S/C10H22N2O2/c1-9(10(13)14-4)8-11-6-5-7-12(2)3/h9,11H,5-8H2,1-4H3/t9-/m0/s1. The summed E-state index contributed by atoms with van der Waals surface area (Å²) in [5.41, 5.74) is 0. The molecule has 0 radical (unpaired) electrons. The molecule has 0 amide bonds. The fourth-order valence-electron chi connectivity index (χ4n) is 1.12. The van der Waals surface area contributed by atoms with Crippen LogP contribution in [-0.4, -0.2) is 51.7 Å². The number of nitrogens with zero attached hydrogens (tertiary/aromatic N) is 1. The van der Waals surface area contributed by atoms with Gasteiger partial charge in [-0.2, -0.15) is 0 Å². The van der Waals surface area contributed by atoms with Crippen LogP contribution < -0.4 is 5.32 Å². The Morgan fingerprint density at radius 1 is 1.50 bits per heavy atom. The van der Waals surface area contributed by atoms with Crippen molar-refractivity contribution >= 4 is 5.97 Å². The molecule has 0 heterocycles. The van der Waals surface area contributed by atoms with Crippen LogP contribution in [0.1, 0.15) is 13.3 Å². The minimum absolute atomic E-state index is 0.0562. The molecule has 0 unspecified atom stereocenters. The summed E-state index contributed by atoms with van der Waals surface area (Å²) in [4.78, 5) is 13.2. The molecule has 4 nitrogen and oxygen atoms in total. The molecular formula is C10H22N2O2. The second kappa shape index (κ2) is 7.76. The van der Waals surface area contributed by atoms with Crippen LogP contribution in [-0.2, 0) is 9.53 Å². The highest BCUT2D eigenvalue weighted by atomic mass is 16.5. The van der Waals surface area contributed by atoms with Crippen molar-refractivity contribution in [2.75, 3.05) is 40.8 Å². The average Bonchev–Trinajstić information content (AvgIpc) is 2.15. The number of nitrogens with one attached hydrogen (secondary N) is 1. The topological polar surface area (TPSA) is 41.6 Å². The molecule has 0 bridgehead atoms. The van der Waals surface area contributed by atoms with Gasteiger partial charge in [-0.1, -0.05) is 6.92 Å². The van der Waals surface area contributed by atoms with E-state index in [2.05, 4.69) is 29.0 Å². The van der Waals surface area contributed by atoms with Crippen LogP contribution in [0.4, 0.5) is 0 Å². The van der Waals surface area contributed by atoms with E-state index < -0.39 is 0 Å². The second-order valence-electron chi connectivity index (χ2n) is 3.79. The van der Waals surface area contributed by atoms with E-state index in [1.165, 1.54) is 7.11 Å². The molecule has 0 aliphatic rings. The molecule has 4 heteroatoms. The van der Waals surface area contributed by atoms with Gasteiger partial charge in [0.1, 0.15) is 0 Å². The Morgan fingerprint density at radius 2 is 2.14 bits per heavy atom. The van der Waals surface area contributed by atoms with Crippen molar-refractivity contribution in [3.8, 4) is 0 Å². The molecule has 0 aromatic carbocycles. The van der Waals surface area contributed by atoms with Gasteiger partial charge in [-0.3, -0.25) is 4.79 Å². The molecule has 0 spiro atoms. The molecule has 0 aliphatic heterocycles. The highest BCUT2D eigenvalue weighted by molar-refractivity contribution is 5.71. The Morgan fingerprint density at radius 3 is 2.64 bits per heavy atom. The maximum Gasteiger partial charge on any atom is 0.309 e. The van der Waals surface area contributed by atoms with Crippen molar-refractivity contribution in [2.45, 2.75) is 13.3 Å². The number of esters is 1. The Kier molecular flexibility index (Phi) is 7.42. The first-order chi connectivity index (χ1) is 6.57. The van der Waals surface area contributed by atoms with Gasteiger partial charge in [0.25, 0.3) is 0 Å². The van der Waals surface area contributed by atoms with Crippen LogP contribution in [0, 0.1) is 5.92 Å². The molecule has 0 fully saturated rings. The lowest BCUT2D eigenvalue weighted by Gasteiger charge is -2.12. The quantitative estimate of drug-likeness (QED) is 0.477. The molecule has 0 rings (SSSR count). The van der Waals surface area contributed by atoms with Crippen LogP contribution >= 0.6 is 0 Å². The molecule has 0 aromatic heterocycles. The Balaban J connectivity index is 3.31. The van der Waals surface area contributed by atoms with E-state index in [1.807, 2.05) is 6.92 Å². The van der Waals surface area contributed by atoms with Gasteiger partial charge in [-0.05, 0) is 33.6 Å². The summed E-state index contributed by atoms with van der Waals surface area (Å²) >= 11 is 0. The molecule has 84 valence electrons. The first kappa shape index (κ1) is 13.4. The summed E-state index contributed by atoms with van der Waals surface area (Å²) in [5.74, 6) is -0.204. The number of methoxy groups -OCH3 is 1. The first-order valence-electron chi connectivity index (χ1n) is 5.01. The molecule has 0 aromatic rings. The van der Waals surface area contributed by atoms with Crippen molar-refractivity contribution in [3.63, 3.8) is 0 Å². The molecule has 0 aliphatic carbocycles. The maximum absolute atomic E-state index is 11.0. The SMILES string of the molecule is COC(=O)[C@@H](C)CNCCCN(C)C. The van der Waals surface area contributed by atoms with Gasteiger partial charge in [0.05, 0.1) is 13.0 Å². The fraction of sp³-hybridized carbons (Fsp3) is 0.900. The minimum atomic E-state index is -0.148. The molecule has 0 saturated carbocycles. The third-order valence-corrected chi connectivity index (χ3v) is 2.01. The second-order valence-corrected chi connectivity index (χ2v) is 3.79. The van der Waals surface area contributed by atoms with Crippen molar-refractivity contribution in [3.05, 3.63) is 0 Å². The number of hydrogen-bond acceptors (Lipinski definition) is 4. The van der Waals surface area contributed by atoms with Crippen LogP contribution in [0.25, 0.3) is 0 Å². The van der Waals surface area contributed by atoms with Gasteiger partial charge in [0.15, 0.2) is 0 Å². The van der Waals surface area contributed by atoms with E-state index in [9.17, 15) is 4.79 Å². The van der Waals surface area contributed by atoms with Crippen LogP contribution in [0.5, 0.6) is 0 Å². The van der Waals surface area contributed by atoms with E-state index in [4.69, 9.17) is 0 Å². The zero-order chi connectivity index (χ0) is 11.0. The number of carbonyl (C=O) groups is 1. The third kappa shape index (κ3) is 6.86.